The number of hydrogen-bond donors (Lipinski definition) is 1. The van der Waals surface area contributed by atoms with Crippen LogP contribution in [-0.2, 0) is 11.2 Å². The molecule has 0 saturated heterocycles. The van der Waals surface area contributed by atoms with Crippen LogP contribution in [0.4, 0.5) is 0 Å². The maximum Gasteiger partial charge on any atom is 0.306 e. The van der Waals surface area contributed by atoms with Crippen molar-refractivity contribution in [2.75, 3.05) is 0 Å². The second kappa shape index (κ2) is 5.71. The van der Waals surface area contributed by atoms with Crippen LogP contribution in [0.25, 0.3) is 0 Å². The fraction of sp³-hybridized carbons (Fsp3) is 0.455. The van der Waals surface area contributed by atoms with E-state index in [1.165, 1.54) is 0 Å². The Bertz CT molecular complexity index is 324. The quantitative estimate of drug-likeness (QED) is 0.842. The van der Waals surface area contributed by atoms with Crippen LogP contribution in [0, 0.1) is 5.92 Å². The van der Waals surface area contributed by atoms with Gasteiger partial charge >= 0.3 is 5.97 Å². The molecule has 0 aliphatic carbocycles. The second-order valence-electron chi connectivity index (χ2n) is 3.45. The number of nitrogens with zero attached hydrogens (tertiary/aromatic N) is 1. The normalized spacial score (nSPS) is 12.4. The molecule has 1 aromatic rings. The number of rotatable bonds is 5. The second-order valence-corrected chi connectivity index (χ2v) is 3.89. The summed E-state index contributed by atoms with van der Waals surface area (Å²) in [7, 11) is 0. The Morgan fingerprint density at radius 2 is 2.33 bits per heavy atom. The van der Waals surface area contributed by atoms with Gasteiger partial charge in [-0.3, -0.25) is 9.78 Å². The monoisotopic (exact) mass is 227 g/mol. The van der Waals surface area contributed by atoms with Crippen LogP contribution in [0.15, 0.2) is 18.3 Å². The van der Waals surface area contributed by atoms with Gasteiger partial charge in [0.2, 0.25) is 0 Å². The van der Waals surface area contributed by atoms with Crippen LogP contribution in [-0.4, -0.2) is 16.1 Å². The summed E-state index contributed by atoms with van der Waals surface area (Å²) in [5.74, 6) is -1.01. The van der Waals surface area contributed by atoms with Crippen LogP contribution in [0.2, 0.25) is 5.02 Å². The van der Waals surface area contributed by atoms with Crippen molar-refractivity contribution in [2.45, 2.75) is 26.2 Å². The van der Waals surface area contributed by atoms with Gasteiger partial charge in [0.1, 0.15) is 0 Å². The summed E-state index contributed by atoms with van der Waals surface area (Å²) in [6, 6.07) is 3.60. The number of halogens is 1. The number of carboxylic acids is 1. The van der Waals surface area contributed by atoms with Crippen LogP contribution in [0.1, 0.15) is 25.5 Å². The third-order valence-electron chi connectivity index (χ3n) is 2.38. The molecule has 1 aromatic heterocycles. The molecule has 0 fully saturated rings. The van der Waals surface area contributed by atoms with Gasteiger partial charge < -0.3 is 5.11 Å². The first-order valence-electron chi connectivity index (χ1n) is 4.96. The lowest BCUT2D eigenvalue weighted by molar-refractivity contribution is -0.142. The number of aryl methyl sites for hydroxylation is 1. The van der Waals surface area contributed by atoms with E-state index >= 15 is 0 Å². The lowest BCUT2D eigenvalue weighted by atomic mass is 9.99. The number of hydrogen-bond acceptors (Lipinski definition) is 2. The molecule has 82 valence electrons. The van der Waals surface area contributed by atoms with E-state index < -0.39 is 5.97 Å². The summed E-state index contributed by atoms with van der Waals surface area (Å²) < 4.78 is 0. The zero-order valence-corrected chi connectivity index (χ0v) is 9.37. The topological polar surface area (TPSA) is 50.2 Å². The Hall–Kier alpha value is -1.09. The highest BCUT2D eigenvalue weighted by molar-refractivity contribution is 6.30. The van der Waals surface area contributed by atoms with Gasteiger partial charge in [0.15, 0.2) is 0 Å². The van der Waals surface area contributed by atoms with Crippen molar-refractivity contribution in [1.29, 1.82) is 0 Å². The van der Waals surface area contributed by atoms with Crippen molar-refractivity contribution in [3.8, 4) is 0 Å². The van der Waals surface area contributed by atoms with Crippen molar-refractivity contribution in [2.24, 2.45) is 5.92 Å². The molecule has 1 heterocycles. The smallest absolute Gasteiger partial charge is 0.306 e. The van der Waals surface area contributed by atoms with Crippen LogP contribution in [0.5, 0.6) is 0 Å². The zero-order valence-electron chi connectivity index (χ0n) is 8.61. The van der Waals surface area contributed by atoms with Crippen LogP contribution >= 0.6 is 11.6 Å². The van der Waals surface area contributed by atoms with E-state index in [2.05, 4.69) is 4.98 Å². The highest BCUT2D eigenvalue weighted by Gasteiger charge is 2.14. The maximum absolute atomic E-state index is 10.8. The average Bonchev–Trinajstić information content (AvgIpc) is 2.21. The Labute approximate surface area is 94.1 Å². The summed E-state index contributed by atoms with van der Waals surface area (Å²) >= 11 is 5.70. The molecule has 0 aliphatic rings. The lowest BCUT2D eigenvalue weighted by Crippen LogP contribution is -2.13. The van der Waals surface area contributed by atoms with Crippen molar-refractivity contribution in [3.63, 3.8) is 0 Å². The SMILES string of the molecule is CCC(CCc1ccc(Cl)cn1)C(=O)O. The molecule has 3 nitrogen and oxygen atoms in total. The van der Waals surface area contributed by atoms with Gasteiger partial charge in [0, 0.05) is 11.9 Å². The van der Waals surface area contributed by atoms with Crippen LogP contribution < -0.4 is 0 Å². The molecule has 1 rings (SSSR count). The molecule has 0 radical (unpaired) electrons. The number of aliphatic carboxylic acids is 1. The van der Waals surface area contributed by atoms with E-state index in [1.54, 1.807) is 12.3 Å². The Morgan fingerprint density at radius 3 is 2.80 bits per heavy atom. The van der Waals surface area contributed by atoms with E-state index in [0.717, 1.165) is 5.69 Å². The van der Waals surface area contributed by atoms with E-state index in [4.69, 9.17) is 16.7 Å². The van der Waals surface area contributed by atoms with Crippen molar-refractivity contribution >= 4 is 17.6 Å². The van der Waals surface area contributed by atoms with Crippen molar-refractivity contribution in [1.82, 2.24) is 4.98 Å². The highest BCUT2D eigenvalue weighted by Crippen LogP contribution is 2.13. The fourth-order valence-electron chi connectivity index (χ4n) is 1.38. The molecule has 1 N–H and O–H groups in total. The molecule has 1 unspecified atom stereocenters. The standard InChI is InChI=1S/C11H14ClNO2/c1-2-8(11(14)15)3-5-10-6-4-9(12)7-13-10/h4,6-8H,2-3,5H2,1H3,(H,14,15). The molecule has 0 saturated carbocycles. The largest absolute Gasteiger partial charge is 0.481 e. The summed E-state index contributed by atoms with van der Waals surface area (Å²) in [4.78, 5) is 14.9. The van der Waals surface area contributed by atoms with Crippen molar-refractivity contribution < 1.29 is 9.90 Å². The fourth-order valence-corrected chi connectivity index (χ4v) is 1.49. The van der Waals surface area contributed by atoms with Gasteiger partial charge in [-0.15, -0.1) is 0 Å². The zero-order chi connectivity index (χ0) is 11.3. The summed E-state index contributed by atoms with van der Waals surface area (Å²) in [6.07, 6.45) is 3.55. The molecule has 0 amide bonds. The van der Waals surface area contributed by atoms with Gasteiger partial charge in [-0.05, 0) is 31.4 Å². The maximum atomic E-state index is 10.8. The molecule has 0 aromatic carbocycles. The molecule has 0 aliphatic heterocycles. The number of carbonyl (C=O) groups is 1. The van der Waals surface area contributed by atoms with Crippen molar-refractivity contribution in [3.05, 3.63) is 29.0 Å². The minimum atomic E-state index is -0.730. The third-order valence-corrected chi connectivity index (χ3v) is 2.60. The van der Waals surface area contributed by atoms with E-state index in [0.29, 0.717) is 24.3 Å². The number of aromatic nitrogens is 1. The molecule has 1 atom stereocenters. The van der Waals surface area contributed by atoms with Gasteiger partial charge in [-0.1, -0.05) is 18.5 Å². The highest BCUT2D eigenvalue weighted by atomic mass is 35.5. The predicted molar refractivity (Wildman–Crippen MR) is 59.0 cm³/mol. The van der Waals surface area contributed by atoms with Gasteiger partial charge in [-0.25, -0.2) is 0 Å². The summed E-state index contributed by atoms with van der Waals surface area (Å²) in [5.41, 5.74) is 0.888. The van der Waals surface area contributed by atoms with E-state index in [-0.39, 0.29) is 5.92 Å². The summed E-state index contributed by atoms with van der Waals surface area (Å²) in [5, 5.41) is 9.45. The molecule has 0 bridgehead atoms. The molecule has 15 heavy (non-hydrogen) atoms. The number of carboxylic acid groups (broad SMARTS) is 1. The third kappa shape index (κ3) is 3.88. The van der Waals surface area contributed by atoms with E-state index in [1.807, 2.05) is 13.0 Å². The molecule has 0 spiro atoms. The average molecular weight is 228 g/mol. The Kier molecular flexibility index (Phi) is 4.56. The summed E-state index contributed by atoms with van der Waals surface area (Å²) in [6.45, 7) is 1.88. The predicted octanol–water partition coefficient (Wildman–Crippen LogP) is 2.78. The van der Waals surface area contributed by atoms with Gasteiger partial charge in [-0.2, -0.15) is 0 Å². The number of pyridine rings is 1. The van der Waals surface area contributed by atoms with Gasteiger partial charge in [0.25, 0.3) is 0 Å². The Balaban J connectivity index is 2.49. The Morgan fingerprint density at radius 1 is 1.60 bits per heavy atom. The first-order chi connectivity index (χ1) is 7.13. The molecular formula is C11H14ClNO2. The lowest BCUT2D eigenvalue weighted by Gasteiger charge is -2.08. The van der Waals surface area contributed by atoms with Gasteiger partial charge in [0.05, 0.1) is 10.9 Å². The first kappa shape index (κ1) is 12.0. The van der Waals surface area contributed by atoms with E-state index in [9.17, 15) is 4.79 Å². The molecule has 4 heteroatoms. The minimum Gasteiger partial charge on any atom is -0.481 e. The molecular weight excluding hydrogens is 214 g/mol. The first-order valence-corrected chi connectivity index (χ1v) is 5.34. The minimum absolute atomic E-state index is 0.275. The van der Waals surface area contributed by atoms with Crippen LogP contribution in [0.3, 0.4) is 0 Å².